The van der Waals surface area contributed by atoms with E-state index >= 15 is 0 Å². The number of ether oxygens (including phenoxy) is 3. The van der Waals surface area contributed by atoms with Crippen molar-refractivity contribution in [3.8, 4) is 17.2 Å². The van der Waals surface area contributed by atoms with Crippen molar-refractivity contribution < 1.29 is 23.8 Å². The Hall–Kier alpha value is -3.80. The first-order valence-corrected chi connectivity index (χ1v) is 10.5. The molecule has 0 N–H and O–H groups in total. The maximum Gasteiger partial charge on any atom is 0.343 e. The Kier molecular flexibility index (Phi) is 7.86. The fraction of sp³-hybridized carbons (Fsp3) is 0.231. The van der Waals surface area contributed by atoms with Gasteiger partial charge in [-0.15, -0.1) is 0 Å². The second-order valence-corrected chi connectivity index (χ2v) is 7.42. The van der Waals surface area contributed by atoms with E-state index in [1.54, 1.807) is 60.7 Å². The molecule has 32 heavy (non-hydrogen) atoms. The van der Waals surface area contributed by atoms with Gasteiger partial charge in [-0.05, 0) is 79.2 Å². The van der Waals surface area contributed by atoms with Crippen LogP contribution in [0.1, 0.15) is 40.5 Å². The molecule has 6 nitrogen and oxygen atoms in total. The molecule has 0 saturated heterocycles. The minimum absolute atomic E-state index is 0.344. The van der Waals surface area contributed by atoms with Crippen LogP contribution in [0, 0.1) is 0 Å². The predicted molar refractivity (Wildman–Crippen MR) is 124 cm³/mol. The van der Waals surface area contributed by atoms with Crippen molar-refractivity contribution in [1.82, 2.24) is 0 Å². The van der Waals surface area contributed by atoms with Crippen LogP contribution < -0.4 is 19.1 Å². The minimum atomic E-state index is -0.498. The zero-order valence-electron chi connectivity index (χ0n) is 18.5. The standard InChI is InChI=1S/C26H27NO5/c1-4-5-18-30-22-14-16-24(17-15-22)32-26(29)20-8-12-23(13-9-20)31-25(28)19-6-10-21(11-7-19)27(2)3/h6-17H,4-5,18H2,1-3H3. The molecule has 0 amide bonds. The molecule has 0 radical (unpaired) electrons. The van der Waals surface area contributed by atoms with E-state index in [1.165, 1.54) is 0 Å². The highest BCUT2D eigenvalue weighted by Crippen LogP contribution is 2.21. The quantitative estimate of drug-likeness (QED) is 0.257. The van der Waals surface area contributed by atoms with Crippen LogP contribution in [0.4, 0.5) is 5.69 Å². The van der Waals surface area contributed by atoms with Gasteiger partial charge in [-0.25, -0.2) is 9.59 Å². The first-order chi connectivity index (χ1) is 15.5. The third-order valence-electron chi connectivity index (χ3n) is 4.72. The third kappa shape index (κ3) is 6.35. The number of esters is 2. The molecule has 0 bridgehead atoms. The summed E-state index contributed by atoms with van der Waals surface area (Å²) in [6, 6.07) is 20.3. The number of unbranched alkanes of at least 4 members (excludes halogenated alkanes) is 1. The molecule has 3 aromatic carbocycles. The molecule has 3 aromatic rings. The number of hydrogen-bond acceptors (Lipinski definition) is 6. The van der Waals surface area contributed by atoms with E-state index in [0.29, 0.717) is 29.2 Å². The Morgan fingerprint density at radius 1 is 0.688 bits per heavy atom. The van der Waals surface area contributed by atoms with E-state index < -0.39 is 11.9 Å². The number of carbonyl (C=O) groups excluding carboxylic acids is 2. The molecule has 0 atom stereocenters. The molecule has 0 aliphatic carbocycles. The SMILES string of the molecule is CCCCOc1ccc(OC(=O)c2ccc(OC(=O)c3ccc(N(C)C)cc3)cc2)cc1. The normalized spacial score (nSPS) is 10.3. The summed E-state index contributed by atoms with van der Waals surface area (Å²) in [6.07, 6.45) is 2.06. The van der Waals surface area contributed by atoms with E-state index in [2.05, 4.69) is 6.92 Å². The Morgan fingerprint density at radius 2 is 1.12 bits per heavy atom. The van der Waals surface area contributed by atoms with Gasteiger partial charge in [0.05, 0.1) is 17.7 Å². The van der Waals surface area contributed by atoms with Crippen LogP contribution in [0.15, 0.2) is 72.8 Å². The van der Waals surface area contributed by atoms with Crippen LogP contribution >= 0.6 is 0 Å². The zero-order valence-corrected chi connectivity index (χ0v) is 18.5. The fourth-order valence-corrected chi connectivity index (χ4v) is 2.82. The number of rotatable bonds is 9. The minimum Gasteiger partial charge on any atom is -0.494 e. The summed E-state index contributed by atoms with van der Waals surface area (Å²) < 4.78 is 16.4. The molecule has 0 aliphatic heterocycles. The maximum atomic E-state index is 12.4. The average molecular weight is 434 g/mol. The van der Waals surface area contributed by atoms with E-state index in [0.717, 1.165) is 24.3 Å². The molecule has 166 valence electrons. The number of nitrogens with zero attached hydrogens (tertiary/aromatic N) is 1. The van der Waals surface area contributed by atoms with Crippen LogP contribution in [0.5, 0.6) is 17.2 Å². The van der Waals surface area contributed by atoms with Crippen molar-refractivity contribution in [2.45, 2.75) is 19.8 Å². The summed E-state index contributed by atoms with van der Waals surface area (Å²) in [7, 11) is 3.86. The van der Waals surface area contributed by atoms with Crippen molar-refractivity contribution >= 4 is 17.6 Å². The Labute approximate surface area is 188 Å². The van der Waals surface area contributed by atoms with Crippen molar-refractivity contribution in [1.29, 1.82) is 0 Å². The van der Waals surface area contributed by atoms with Crippen molar-refractivity contribution in [3.05, 3.63) is 83.9 Å². The van der Waals surface area contributed by atoms with E-state index in [4.69, 9.17) is 14.2 Å². The molecule has 0 aliphatic rings. The highest BCUT2D eigenvalue weighted by atomic mass is 16.5. The highest BCUT2D eigenvalue weighted by molar-refractivity contribution is 5.92. The number of carbonyl (C=O) groups is 2. The molecule has 0 spiro atoms. The van der Waals surface area contributed by atoms with Crippen molar-refractivity contribution in [2.24, 2.45) is 0 Å². The molecular formula is C26H27NO5. The summed E-state index contributed by atoms with van der Waals surface area (Å²) in [5.41, 5.74) is 1.78. The van der Waals surface area contributed by atoms with Gasteiger partial charge in [0.2, 0.25) is 0 Å². The Bertz CT molecular complexity index is 1030. The lowest BCUT2D eigenvalue weighted by atomic mass is 10.2. The van der Waals surface area contributed by atoms with E-state index in [1.807, 2.05) is 31.1 Å². The summed E-state index contributed by atoms with van der Waals surface area (Å²) in [4.78, 5) is 26.7. The first kappa shape index (κ1) is 22.9. The lowest BCUT2D eigenvalue weighted by Gasteiger charge is -2.12. The number of anilines is 1. The summed E-state index contributed by atoms with van der Waals surface area (Å²) in [6.45, 7) is 2.76. The smallest absolute Gasteiger partial charge is 0.343 e. The predicted octanol–water partition coefficient (Wildman–Crippen LogP) is 5.37. The van der Waals surface area contributed by atoms with Crippen LogP contribution in [0.3, 0.4) is 0 Å². The van der Waals surface area contributed by atoms with Gasteiger partial charge in [0, 0.05) is 19.8 Å². The monoisotopic (exact) mass is 433 g/mol. The van der Waals surface area contributed by atoms with Crippen LogP contribution in [-0.4, -0.2) is 32.6 Å². The summed E-state index contributed by atoms with van der Waals surface area (Å²) >= 11 is 0. The molecule has 0 unspecified atom stereocenters. The fourth-order valence-electron chi connectivity index (χ4n) is 2.82. The topological polar surface area (TPSA) is 65.1 Å². The molecule has 0 heterocycles. The van der Waals surface area contributed by atoms with Crippen molar-refractivity contribution in [2.75, 3.05) is 25.6 Å². The second-order valence-electron chi connectivity index (χ2n) is 7.42. The third-order valence-corrected chi connectivity index (χ3v) is 4.72. The summed E-state index contributed by atoms with van der Waals surface area (Å²) in [5.74, 6) is 0.542. The lowest BCUT2D eigenvalue weighted by Crippen LogP contribution is -2.11. The van der Waals surface area contributed by atoms with Gasteiger partial charge < -0.3 is 19.1 Å². The lowest BCUT2D eigenvalue weighted by molar-refractivity contribution is 0.0730. The Morgan fingerprint density at radius 3 is 1.59 bits per heavy atom. The van der Waals surface area contributed by atoms with Crippen LogP contribution in [0.2, 0.25) is 0 Å². The van der Waals surface area contributed by atoms with Gasteiger partial charge in [-0.1, -0.05) is 13.3 Å². The van der Waals surface area contributed by atoms with Gasteiger partial charge in [0.15, 0.2) is 0 Å². The molecular weight excluding hydrogens is 406 g/mol. The zero-order chi connectivity index (χ0) is 22.9. The van der Waals surface area contributed by atoms with E-state index in [-0.39, 0.29) is 0 Å². The molecule has 0 fully saturated rings. The van der Waals surface area contributed by atoms with E-state index in [9.17, 15) is 9.59 Å². The number of benzene rings is 3. The maximum absolute atomic E-state index is 12.4. The van der Waals surface area contributed by atoms with Crippen LogP contribution in [-0.2, 0) is 0 Å². The van der Waals surface area contributed by atoms with Gasteiger partial charge in [-0.3, -0.25) is 0 Å². The molecule has 6 heteroatoms. The first-order valence-electron chi connectivity index (χ1n) is 10.5. The van der Waals surface area contributed by atoms with Gasteiger partial charge in [0.25, 0.3) is 0 Å². The largest absolute Gasteiger partial charge is 0.494 e. The Balaban J connectivity index is 1.55. The van der Waals surface area contributed by atoms with Crippen molar-refractivity contribution in [3.63, 3.8) is 0 Å². The van der Waals surface area contributed by atoms with Gasteiger partial charge in [-0.2, -0.15) is 0 Å². The molecule has 0 saturated carbocycles. The van der Waals surface area contributed by atoms with Gasteiger partial charge in [0.1, 0.15) is 17.2 Å². The molecule has 0 aromatic heterocycles. The average Bonchev–Trinajstić information content (AvgIpc) is 2.81. The summed E-state index contributed by atoms with van der Waals surface area (Å²) in [5, 5.41) is 0. The second kappa shape index (κ2) is 11.0. The highest BCUT2D eigenvalue weighted by Gasteiger charge is 2.12. The molecule has 3 rings (SSSR count). The van der Waals surface area contributed by atoms with Crippen LogP contribution in [0.25, 0.3) is 0 Å². The van der Waals surface area contributed by atoms with Gasteiger partial charge >= 0.3 is 11.9 Å². The number of hydrogen-bond donors (Lipinski definition) is 0.